The van der Waals surface area contributed by atoms with Gasteiger partial charge in [0.05, 0.1) is 0 Å². The van der Waals surface area contributed by atoms with Crippen molar-refractivity contribution in [3.8, 4) is 0 Å². The van der Waals surface area contributed by atoms with Gasteiger partial charge in [0.25, 0.3) is 0 Å². The van der Waals surface area contributed by atoms with Gasteiger partial charge >= 0.3 is 0 Å². The van der Waals surface area contributed by atoms with Crippen molar-refractivity contribution in [2.75, 3.05) is 18.8 Å². The SMILES string of the molecule is CC1CCC(NS(=O)(=O)CC(=O)N2CCC[C@@H](C)C2)CC1. The predicted molar refractivity (Wildman–Crippen MR) is 83.3 cm³/mol. The van der Waals surface area contributed by atoms with E-state index in [9.17, 15) is 13.2 Å². The second kappa shape index (κ2) is 7.09. The van der Waals surface area contributed by atoms with Crippen LogP contribution in [-0.2, 0) is 14.8 Å². The van der Waals surface area contributed by atoms with Gasteiger partial charge in [0.2, 0.25) is 15.9 Å². The minimum absolute atomic E-state index is 0.0132. The molecule has 0 spiro atoms. The summed E-state index contributed by atoms with van der Waals surface area (Å²) >= 11 is 0. The Morgan fingerprint density at radius 1 is 1.10 bits per heavy atom. The molecule has 1 saturated carbocycles. The number of hydrogen-bond donors (Lipinski definition) is 1. The molecule has 0 bridgehead atoms. The lowest BCUT2D eigenvalue weighted by Gasteiger charge is -2.31. The molecule has 1 N–H and O–H groups in total. The lowest BCUT2D eigenvalue weighted by Crippen LogP contribution is -2.46. The molecule has 1 aliphatic heterocycles. The van der Waals surface area contributed by atoms with E-state index in [1.807, 2.05) is 0 Å². The van der Waals surface area contributed by atoms with E-state index >= 15 is 0 Å². The fourth-order valence-electron chi connectivity index (χ4n) is 3.34. The molecule has 1 heterocycles. The van der Waals surface area contributed by atoms with E-state index in [4.69, 9.17) is 0 Å². The Balaban J connectivity index is 1.84. The van der Waals surface area contributed by atoms with Crippen LogP contribution in [0.25, 0.3) is 0 Å². The molecule has 2 rings (SSSR count). The maximum atomic E-state index is 12.2. The summed E-state index contributed by atoms with van der Waals surface area (Å²) < 4.78 is 27.0. The van der Waals surface area contributed by atoms with E-state index < -0.39 is 15.8 Å². The molecule has 1 amide bonds. The van der Waals surface area contributed by atoms with Crippen LogP contribution in [0, 0.1) is 11.8 Å². The molecule has 1 aliphatic carbocycles. The molecule has 122 valence electrons. The highest BCUT2D eigenvalue weighted by atomic mass is 32.2. The summed E-state index contributed by atoms with van der Waals surface area (Å²) in [7, 11) is -3.51. The molecular weight excluding hydrogens is 288 g/mol. The highest BCUT2D eigenvalue weighted by Gasteiger charge is 2.28. The number of rotatable bonds is 4. The average molecular weight is 316 g/mol. The van der Waals surface area contributed by atoms with Crippen LogP contribution in [-0.4, -0.2) is 44.1 Å². The second-order valence-electron chi connectivity index (χ2n) is 6.92. The smallest absolute Gasteiger partial charge is 0.239 e. The predicted octanol–water partition coefficient (Wildman–Crippen LogP) is 1.74. The lowest BCUT2D eigenvalue weighted by molar-refractivity contribution is -0.130. The number of carbonyl (C=O) groups is 1. The van der Waals surface area contributed by atoms with Gasteiger partial charge in [-0.25, -0.2) is 13.1 Å². The van der Waals surface area contributed by atoms with Gasteiger partial charge in [-0.15, -0.1) is 0 Å². The minimum atomic E-state index is -3.51. The quantitative estimate of drug-likeness (QED) is 0.859. The Morgan fingerprint density at radius 3 is 2.38 bits per heavy atom. The molecule has 21 heavy (non-hydrogen) atoms. The van der Waals surface area contributed by atoms with Crippen molar-refractivity contribution in [3.63, 3.8) is 0 Å². The van der Waals surface area contributed by atoms with Crippen molar-refractivity contribution in [1.29, 1.82) is 0 Å². The Kier molecular flexibility index (Phi) is 5.66. The summed E-state index contributed by atoms with van der Waals surface area (Å²) in [6, 6.07) is 0.0132. The summed E-state index contributed by atoms with van der Waals surface area (Å²) in [6.45, 7) is 5.69. The van der Waals surface area contributed by atoms with E-state index in [1.165, 1.54) is 0 Å². The summed E-state index contributed by atoms with van der Waals surface area (Å²) in [5, 5.41) is 0. The molecule has 6 heteroatoms. The van der Waals surface area contributed by atoms with Crippen molar-refractivity contribution in [2.24, 2.45) is 11.8 Å². The van der Waals surface area contributed by atoms with Crippen molar-refractivity contribution >= 4 is 15.9 Å². The average Bonchev–Trinajstić information content (AvgIpc) is 2.40. The molecule has 0 aromatic carbocycles. The Labute approximate surface area is 128 Å². The van der Waals surface area contributed by atoms with E-state index in [-0.39, 0.29) is 11.9 Å². The number of nitrogens with one attached hydrogen (secondary N) is 1. The van der Waals surface area contributed by atoms with Crippen molar-refractivity contribution in [2.45, 2.75) is 58.4 Å². The summed E-state index contributed by atoms with van der Waals surface area (Å²) in [6.07, 6.45) is 5.98. The van der Waals surface area contributed by atoms with Gasteiger partial charge in [-0.05, 0) is 50.4 Å². The standard InChI is InChI=1S/C15H28N2O3S/c1-12-5-7-14(8-6-12)16-21(19,20)11-15(18)17-9-3-4-13(2)10-17/h12-14,16H,3-11H2,1-2H3/t12?,13-,14?/m1/s1. The summed E-state index contributed by atoms with van der Waals surface area (Å²) in [5.74, 6) is 0.504. The van der Waals surface area contributed by atoms with Crippen LogP contribution in [0.15, 0.2) is 0 Å². The Bertz CT molecular complexity index is 456. The van der Waals surface area contributed by atoms with Gasteiger partial charge in [-0.2, -0.15) is 0 Å². The first-order chi connectivity index (χ1) is 9.85. The number of carbonyl (C=O) groups excluding carboxylic acids is 1. The van der Waals surface area contributed by atoms with Gasteiger partial charge in [0, 0.05) is 19.1 Å². The van der Waals surface area contributed by atoms with Crippen LogP contribution in [0.3, 0.4) is 0 Å². The van der Waals surface area contributed by atoms with Gasteiger partial charge in [0.1, 0.15) is 5.75 Å². The normalized spacial score (nSPS) is 31.1. The lowest BCUT2D eigenvalue weighted by atomic mass is 9.88. The van der Waals surface area contributed by atoms with Gasteiger partial charge in [-0.1, -0.05) is 13.8 Å². The molecule has 2 aliphatic rings. The molecule has 1 saturated heterocycles. The number of likely N-dealkylation sites (tertiary alicyclic amines) is 1. The van der Waals surface area contributed by atoms with E-state index in [1.54, 1.807) is 4.90 Å². The zero-order valence-corrected chi connectivity index (χ0v) is 14.0. The van der Waals surface area contributed by atoms with Gasteiger partial charge in [-0.3, -0.25) is 4.79 Å². The Morgan fingerprint density at radius 2 is 1.76 bits per heavy atom. The molecule has 0 radical (unpaired) electrons. The maximum Gasteiger partial charge on any atom is 0.239 e. The third kappa shape index (κ3) is 5.25. The zero-order valence-electron chi connectivity index (χ0n) is 13.2. The molecular formula is C15H28N2O3S. The maximum absolute atomic E-state index is 12.2. The molecule has 5 nitrogen and oxygen atoms in total. The van der Waals surface area contributed by atoms with Crippen LogP contribution < -0.4 is 4.72 Å². The fourth-order valence-corrected chi connectivity index (χ4v) is 4.68. The van der Waals surface area contributed by atoms with E-state index in [0.717, 1.165) is 38.5 Å². The van der Waals surface area contributed by atoms with Gasteiger partial charge < -0.3 is 4.90 Å². The monoisotopic (exact) mass is 316 g/mol. The first kappa shape index (κ1) is 16.7. The Hall–Kier alpha value is -0.620. The highest BCUT2D eigenvalue weighted by molar-refractivity contribution is 7.90. The third-order valence-electron chi connectivity index (χ3n) is 4.69. The summed E-state index contributed by atoms with van der Waals surface area (Å²) in [5.41, 5.74) is 0. The minimum Gasteiger partial charge on any atom is -0.342 e. The molecule has 2 fully saturated rings. The number of nitrogens with zero attached hydrogens (tertiary/aromatic N) is 1. The van der Waals surface area contributed by atoms with Crippen LogP contribution in [0.1, 0.15) is 52.4 Å². The topological polar surface area (TPSA) is 66.5 Å². The number of hydrogen-bond acceptors (Lipinski definition) is 3. The van der Waals surface area contributed by atoms with Crippen LogP contribution >= 0.6 is 0 Å². The highest BCUT2D eigenvalue weighted by Crippen LogP contribution is 2.24. The van der Waals surface area contributed by atoms with E-state index in [0.29, 0.717) is 24.9 Å². The third-order valence-corrected chi connectivity index (χ3v) is 6.00. The first-order valence-electron chi connectivity index (χ1n) is 8.13. The van der Waals surface area contributed by atoms with Gasteiger partial charge in [0.15, 0.2) is 0 Å². The van der Waals surface area contributed by atoms with Crippen LogP contribution in [0.2, 0.25) is 0 Å². The molecule has 0 unspecified atom stereocenters. The van der Waals surface area contributed by atoms with E-state index in [2.05, 4.69) is 18.6 Å². The molecule has 0 aromatic rings. The van der Waals surface area contributed by atoms with Crippen molar-refractivity contribution in [1.82, 2.24) is 9.62 Å². The zero-order chi connectivity index (χ0) is 15.5. The number of piperidine rings is 1. The number of sulfonamides is 1. The van der Waals surface area contributed by atoms with Crippen LogP contribution in [0.5, 0.6) is 0 Å². The second-order valence-corrected chi connectivity index (χ2v) is 8.67. The van der Waals surface area contributed by atoms with Crippen LogP contribution in [0.4, 0.5) is 0 Å². The largest absolute Gasteiger partial charge is 0.342 e. The van der Waals surface area contributed by atoms with Crippen molar-refractivity contribution in [3.05, 3.63) is 0 Å². The fraction of sp³-hybridized carbons (Fsp3) is 0.933. The van der Waals surface area contributed by atoms with Crippen molar-refractivity contribution < 1.29 is 13.2 Å². The summed E-state index contributed by atoms with van der Waals surface area (Å²) in [4.78, 5) is 13.9. The first-order valence-corrected chi connectivity index (χ1v) is 9.79. The number of amides is 1. The molecule has 1 atom stereocenters. The molecule has 0 aromatic heterocycles.